The second-order valence-electron chi connectivity index (χ2n) is 3.49. The van der Waals surface area contributed by atoms with Crippen LogP contribution < -0.4 is 16.8 Å². The topological polar surface area (TPSA) is 148 Å². The molecule has 0 aromatic heterocycles. The molecule has 5 N–H and O–H groups in total. The van der Waals surface area contributed by atoms with Gasteiger partial charge < -0.3 is 16.8 Å². The number of benzene rings is 1. The fourth-order valence-corrected chi connectivity index (χ4v) is 1.05. The number of nitrogens with one attached hydrogen (secondary N) is 1. The van der Waals surface area contributed by atoms with E-state index in [4.69, 9.17) is 11.0 Å². The Kier molecular flexibility index (Phi) is 84.2. The van der Waals surface area contributed by atoms with Gasteiger partial charge >= 0.3 is 0 Å². The Bertz CT molecular complexity index is 491. The van der Waals surface area contributed by atoms with E-state index in [0.29, 0.717) is 11.8 Å². The zero-order valence-corrected chi connectivity index (χ0v) is 21.9. The summed E-state index contributed by atoms with van der Waals surface area (Å²) in [6, 6.07) is 7.16. The molecule has 1 aromatic carbocycles. The summed E-state index contributed by atoms with van der Waals surface area (Å²) < 4.78 is 0. The number of rotatable bonds is 4. The van der Waals surface area contributed by atoms with E-state index in [0.717, 1.165) is 12.1 Å². The molecule has 0 bridgehead atoms. The smallest absolute Gasteiger partial charge is 0.269 e. The number of allylic oxidation sites excluding steroid dienone is 1. The number of nitrogens with zero attached hydrogens (tertiary/aromatic N) is 2. The number of nitrogens with two attached hydrogens (primary N) is 2. The molecule has 0 spiro atoms. The predicted octanol–water partition coefficient (Wildman–Crippen LogP) is 6.03. The normalized spacial score (nSPS) is 7.03. The van der Waals surface area contributed by atoms with Gasteiger partial charge in [-0.05, 0) is 25.6 Å². The molecule has 0 unspecified atom stereocenters. The highest BCUT2D eigenvalue weighted by Crippen LogP contribution is 2.09. The van der Waals surface area contributed by atoms with E-state index in [2.05, 4.69) is 18.0 Å². The molecular weight excluding hydrogens is 394 g/mol. The highest BCUT2D eigenvalue weighted by molar-refractivity contribution is 5.75. The van der Waals surface area contributed by atoms with E-state index in [1.807, 2.05) is 62.4 Å². The van der Waals surface area contributed by atoms with Crippen molar-refractivity contribution in [3.05, 3.63) is 51.8 Å². The first kappa shape index (κ1) is 46.3. The fraction of sp³-hybridized carbons (Fsp3) is 0.565. The summed E-state index contributed by atoms with van der Waals surface area (Å²) in [6.45, 7) is 19.5. The summed E-state index contributed by atoms with van der Waals surface area (Å²) in [5, 5.41) is 20.4. The third kappa shape index (κ3) is 46.8. The quantitative estimate of drug-likeness (QED) is 0.292. The third-order valence-electron chi connectivity index (χ3n) is 2.14. The maximum absolute atomic E-state index is 10.1. The molecule has 1 aromatic rings. The Hall–Kier alpha value is -2.92. The van der Waals surface area contributed by atoms with Crippen LogP contribution in [0.2, 0.25) is 0 Å². The van der Waals surface area contributed by atoms with Gasteiger partial charge in [-0.15, -0.1) is 0 Å². The van der Waals surface area contributed by atoms with Crippen LogP contribution in [0, 0.1) is 21.4 Å². The molecule has 0 saturated heterocycles. The minimum absolute atomic E-state index is 0.00407. The average molecular weight is 444 g/mol. The van der Waals surface area contributed by atoms with Gasteiger partial charge in [-0.2, -0.15) is 5.26 Å². The number of carbonyl (C=O) groups is 1. The summed E-state index contributed by atoms with van der Waals surface area (Å²) in [7, 11) is 3.36. The number of aldehydes is 1. The monoisotopic (exact) mass is 443 g/mol. The van der Waals surface area contributed by atoms with Crippen molar-refractivity contribution in [2.45, 2.75) is 75.7 Å². The molecule has 184 valence electrons. The van der Waals surface area contributed by atoms with Crippen molar-refractivity contribution in [3.63, 3.8) is 0 Å². The maximum atomic E-state index is 10.1. The molecule has 8 nitrogen and oxygen atoms in total. The van der Waals surface area contributed by atoms with Crippen molar-refractivity contribution >= 4 is 12.0 Å². The van der Waals surface area contributed by atoms with Gasteiger partial charge in [0, 0.05) is 43.6 Å². The zero-order valence-electron chi connectivity index (χ0n) is 21.9. The fourth-order valence-electron chi connectivity index (χ4n) is 1.05. The molecule has 1 rings (SSSR count). The Morgan fingerprint density at radius 2 is 1.39 bits per heavy atom. The van der Waals surface area contributed by atoms with E-state index >= 15 is 0 Å². The van der Waals surface area contributed by atoms with Crippen LogP contribution in [-0.2, 0) is 0 Å². The minimum Gasteiger partial charge on any atom is -0.403 e. The van der Waals surface area contributed by atoms with Crippen LogP contribution in [0.5, 0.6) is 0 Å². The van der Waals surface area contributed by atoms with Gasteiger partial charge in [0.2, 0.25) is 0 Å². The third-order valence-corrected chi connectivity index (χ3v) is 2.14. The molecule has 0 aliphatic rings. The summed E-state index contributed by atoms with van der Waals surface area (Å²) in [4.78, 5) is 19.7. The van der Waals surface area contributed by atoms with Crippen LogP contribution in [0.25, 0.3) is 0 Å². The van der Waals surface area contributed by atoms with E-state index in [1.54, 1.807) is 12.3 Å². The van der Waals surface area contributed by atoms with Crippen LogP contribution in [0.1, 0.15) is 86.0 Å². The largest absolute Gasteiger partial charge is 0.403 e. The number of carbonyl (C=O) groups excluding carboxylic acids is 1. The lowest BCUT2D eigenvalue weighted by Crippen LogP contribution is -2.06. The van der Waals surface area contributed by atoms with Crippen molar-refractivity contribution < 1.29 is 9.72 Å². The zero-order chi connectivity index (χ0) is 26.7. The molecule has 0 aliphatic heterocycles. The minimum atomic E-state index is -0.505. The van der Waals surface area contributed by atoms with Crippen LogP contribution in [-0.4, -0.2) is 25.3 Å². The lowest BCUT2D eigenvalue weighted by atomic mass is 10.2. The Balaban J connectivity index is -0.0000000501. The number of hydrogen-bond acceptors (Lipinski definition) is 7. The van der Waals surface area contributed by atoms with Gasteiger partial charge in [-0.1, -0.05) is 62.3 Å². The molecule has 0 atom stereocenters. The van der Waals surface area contributed by atoms with Crippen molar-refractivity contribution in [1.29, 1.82) is 5.26 Å². The van der Waals surface area contributed by atoms with Crippen LogP contribution in [0.15, 0.2) is 36.2 Å². The molecular formula is C23H49N5O3. The van der Waals surface area contributed by atoms with Crippen LogP contribution in [0.3, 0.4) is 0 Å². The summed E-state index contributed by atoms with van der Waals surface area (Å²) >= 11 is 0. The average Bonchev–Trinajstić information content (AvgIpc) is 2.87. The second kappa shape index (κ2) is 56.3. The van der Waals surface area contributed by atoms with E-state index in [9.17, 15) is 14.9 Å². The Morgan fingerprint density at radius 3 is 1.52 bits per heavy atom. The number of nitro benzene ring substituents is 1. The first-order chi connectivity index (χ1) is 15.0. The highest BCUT2D eigenvalue weighted by Gasteiger charge is 2.02. The number of hydrogen-bond donors (Lipinski definition) is 3. The number of non-ortho nitro benzene ring substituents is 1. The summed E-state index contributed by atoms with van der Waals surface area (Å²) in [5.41, 5.74) is 11.2. The van der Waals surface area contributed by atoms with E-state index in [-0.39, 0.29) is 5.69 Å². The van der Waals surface area contributed by atoms with Gasteiger partial charge in [-0.3, -0.25) is 14.9 Å². The first-order valence-electron chi connectivity index (χ1n) is 10.7. The molecule has 31 heavy (non-hydrogen) atoms. The SMILES string of the molecule is CC.CC.CC.CC.CC#N.CC/C(=C\N)NC.CN.O=Cc1ccc([N+](=O)[O-])cc1. The molecule has 0 saturated carbocycles. The van der Waals surface area contributed by atoms with Gasteiger partial charge in [-0.25, -0.2) is 0 Å². The molecule has 0 heterocycles. The maximum Gasteiger partial charge on any atom is 0.269 e. The van der Waals surface area contributed by atoms with Crippen molar-refractivity contribution in [3.8, 4) is 6.07 Å². The first-order valence-corrected chi connectivity index (χ1v) is 10.7. The van der Waals surface area contributed by atoms with Crippen LogP contribution >= 0.6 is 0 Å². The van der Waals surface area contributed by atoms with Gasteiger partial charge in [0.05, 0.1) is 11.0 Å². The molecule has 0 radical (unpaired) electrons. The molecule has 0 fully saturated rings. The van der Waals surface area contributed by atoms with Gasteiger partial charge in [0.25, 0.3) is 5.69 Å². The van der Waals surface area contributed by atoms with Crippen molar-refractivity contribution in [2.24, 2.45) is 11.5 Å². The van der Waals surface area contributed by atoms with Crippen molar-refractivity contribution in [1.82, 2.24) is 5.32 Å². The molecule has 8 heteroatoms. The van der Waals surface area contributed by atoms with Gasteiger partial charge in [0.1, 0.15) is 6.29 Å². The lowest BCUT2D eigenvalue weighted by molar-refractivity contribution is -0.384. The number of nitro groups is 1. The Labute approximate surface area is 191 Å². The highest BCUT2D eigenvalue weighted by atomic mass is 16.6. The Morgan fingerprint density at radius 1 is 1.06 bits per heavy atom. The van der Waals surface area contributed by atoms with Crippen LogP contribution in [0.4, 0.5) is 5.69 Å². The van der Waals surface area contributed by atoms with E-state index in [1.165, 1.54) is 38.2 Å². The van der Waals surface area contributed by atoms with E-state index < -0.39 is 4.92 Å². The molecule has 0 aliphatic carbocycles. The number of nitriles is 1. The summed E-state index contributed by atoms with van der Waals surface area (Å²) in [5.74, 6) is 0. The molecule has 0 amide bonds. The van der Waals surface area contributed by atoms with Crippen molar-refractivity contribution in [2.75, 3.05) is 14.1 Å². The standard InChI is InChI=1S/C7H5NO3.C5H12N2.C2H3N.4C2H6.CH5N/c9-5-6-1-3-7(4-2-6)8(10)11;1-3-5(4-6)7-2;1-2-3;5*1-2/h1-5H;4,7H,3,6H2,1-2H3;1H3;4*1-2H3;2H2,1H3/b;5-4+;;;;;;. The van der Waals surface area contributed by atoms with Gasteiger partial charge in [0.15, 0.2) is 0 Å². The lowest BCUT2D eigenvalue weighted by Gasteiger charge is -1.97. The predicted molar refractivity (Wildman–Crippen MR) is 137 cm³/mol. The summed E-state index contributed by atoms with van der Waals surface area (Å²) in [6.07, 6.45) is 3.21. The second-order valence-corrected chi connectivity index (χ2v) is 3.49.